The quantitative estimate of drug-likeness (QED) is 0.585. The standard InChI is InChI=1S/C11H10O3S.Al.Na.4H/c1-15(12,13)14-11-8-7-9-5-3-2-4-6-10(9)11;;;;;;/h2-8H,1H3;;;;;;. The first kappa shape index (κ1) is 17.0. The molecule has 86 valence electrons. The van der Waals surface area contributed by atoms with E-state index < -0.39 is 10.1 Å². The van der Waals surface area contributed by atoms with Crippen LogP contribution in [-0.2, 0) is 10.1 Å². The van der Waals surface area contributed by atoms with Gasteiger partial charge in [-0.05, 0) is 11.6 Å². The van der Waals surface area contributed by atoms with Crippen LogP contribution in [0.15, 0.2) is 42.5 Å². The molecule has 0 aromatic heterocycles. The molecule has 2 aliphatic carbocycles. The van der Waals surface area contributed by atoms with E-state index in [1.54, 1.807) is 6.07 Å². The van der Waals surface area contributed by atoms with Crippen LogP contribution >= 0.6 is 0 Å². The summed E-state index contributed by atoms with van der Waals surface area (Å²) in [4.78, 5) is 0. The molecule has 0 saturated heterocycles. The molecule has 0 atom stereocenters. The molecule has 0 aliphatic heterocycles. The van der Waals surface area contributed by atoms with Crippen LogP contribution in [0.25, 0.3) is 11.1 Å². The summed E-state index contributed by atoms with van der Waals surface area (Å²) in [5.74, 6) is 0.378. The van der Waals surface area contributed by atoms with Gasteiger partial charge in [-0.15, -0.1) is 0 Å². The molecule has 0 aromatic carbocycles. The van der Waals surface area contributed by atoms with Crippen molar-refractivity contribution in [2.75, 3.05) is 6.26 Å². The average molecular weight is 276 g/mol. The van der Waals surface area contributed by atoms with Crippen molar-refractivity contribution in [1.29, 1.82) is 0 Å². The van der Waals surface area contributed by atoms with Crippen LogP contribution in [0.2, 0.25) is 0 Å². The molecule has 0 saturated carbocycles. The molecule has 0 aromatic rings. The van der Waals surface area contributed by atoms with Crippen LogP contribution < -0.4 is 4.18 Å². The van der Waals surface area contributed by atoms with E-state index in [4.69, 9.17) is 4.18 Å². The van der Waals surface area contributed by atoms with E-state index >= 15 is 0 Å². The maximum atomic E-state index is 11.0. The Morgan fingerprint density at radius 2 is 1.65 bits per heavy atom. The van der Waals surface area contributed by atoms with Gasteiger partial charge in [-0.1, -0.05) is 36.4 Å². The number of rotatable bonds is 2. The van der Waals surface area contributed by atoms with E-state index in [-0.39, 0.29) is 46.9 Å². The molecule has 0 N–H and O–H groups in total. The van der Waals surface area contributed by atoms with E-state index in [1.165, 1.54) is 0 Å². The summed E-state index contributed by atoms with van der Waals surface area (Å²) in [6.07, 6.45) is 1.04. The first-order chi connectivity index (χ1) is 7.06. The minimum atomic E-state index is -3.46. The fourth-order valence-electron chi connectivity index (χ4n) is 1.42. The number of hydrogen-bond donors (Lipinski definition) is 0. The third kappa shape index (κ3) is 4.63. The van der Waals surface area contributed by atoms with Crippen molar-refractivity contribution in [2.45, 2.75) is 0 Å². The molecule has 2 rings (SSSR count). The number of fused-ring (bicyclic) bond motifs is 1. The van der Waals surface area contributed by atoms with Crippen molar-refractivity contribution in [3.63, 3.8) is 0 Å². The molecule has 17 heavy (non-hydrogen) atoms. The van der Waals surface area contributed by atoms with Crippen molar-refractivity contribution < 1.29 is 12.6 Å². The van der Waals surface area contributed by atoms with Gasteiger partial charge in [-0.2, -0.15) is 8.42 Å². The molecule has 2 aliphatic rings. The minimum absolute atomic E-state index is 0. The molecular weight excluding hydrogens is 262 g/mol. The summed E-state index contributed by atoms with van der Waals surface area (Å²) < 4.78 is 26.9. The summed E-state index contributed by atoms with van der Waals surface area (Å²) in [6.45, 7) is 0. The second kappa shape index (κ2) is 6.79. The Balaban J connectivity index is 0.00000128. The van der Waals surface area contributed by atoms with E-state index in [1.807, 2.05) is 36.4 Å². The predicted molar refractivity (Wildman–Crippen MR) is 75.6 cm³/mol. The van der Waals surface area contributed by atoms with Gasteiger partial charge in [0.05, 0.1) is 6.26 Å². The molecule has 0 amide bonds. The van der Waals surface area contributed by atoms with Crippen LogP contribution in [0.4, 0.5) is 0 Å². The zero-order chi connectivity index (χ0) is 10.9. The molecule has 0 fully saturated rings. The van der Waals surface area contributed by atoms with Crippen molar-refractivity contribution in [2.24, 2.45) is 0 Å². The van der Waals surface area contributed by atoms with Crippen LogP contribution in [0.1, 0.15) is 0 Å². The molecule has 0 bridgehead atoms. The Labute approximate surface area is 134 Å². The maximum absolute atomic E-state index is 11.0. The first-order valence-corrected chi connectivity index (χ1v) is 6.25. The zero-order valence-electron chi connectivity index (χ0n) is 8.17. The molecule has 3 nitrogen and oxygen atoms in total. The van der Waals surface area contributed by atoms with Gasteiger partial charge < -0.3 is 4.18 Å². The van der Waals surface area contributed by atoms with Gasteiger partial charge in [-0.25, -0.2) is 0 Å². The van der Waals surface area contributed by atoms with E-state index in [0.29, 0.717) is 5.75 Å². The van der Waals surface area contributed by atoms with Gasteiger partial charge in [0.2, 0.25) is 0 Å². The molecule has 0 spiro atoms. The molecule has 6 heteroatoms. The van der Waals surface area contributed by atoms with Crippen LogP contribution in [-0.4, -0.2) is 61.6 Å². The van der Waals surface area contributed by atoms with Crippen LogP contribution in [0, 0.1) is 0 Å². The Kier molecular flexibility index (Phi) is 6.79. The molecule has 0 radical (unpaired) electrons. The van der Waals surface area contributed by atoms with Crippen molar-refractivity contribution >= 4 is 57.0 Å². The Bertz CT molecular complexity index is 557. The van der Waals surface area contributed by atoms with Gasteiger partial charge in [0.15, 0.2) is 17.4 Å². The fourth-order valence-corrected chi connectivity index (χ4v) is 1.89. The average Bonchev–Trinajstić information content (AvgIpc) is 2.35. The molecule has 0 unspecified atom stereocenters. The van der Waals surface area contributed by atoms with Crippen LogP contribution in [0.5, 0.6) is 5.75 Å². The second-order valence-corrected chi connectivity index (χ2v) is 4.84. The first-order valence-electron chi connectivity index (χ1n) is 4.43. The van der Waals surface area contributed by atoms with Gasteiger partial charge in [0, 0.05) is 5.56 Å². The van der Waals surface area contributed by atoms with Crippen molar-refractivity contribution in [3.8, 4) is 16.9 Å². The summed E-state index contributed by atoms with van der Waals surface area (Å²) in [5, 5.41) is 0. The SMILES string of the molecule is CS(=O)(=O)Oc1ccc2cccccc1-2.[AlH3].[NaH]. The van der Waals surface area contributed by atoms with Crippen LogP contribution in [0.3, 0.4) is 0 Å². The van der Waals surface area contributed by atoms with Crippen molar-refractivity contribution in [1.82, 2.24) is 0 Å². The monoisotopic (exact) mass is 276 g/mol. The number of hydrogen-bond acceptors (Lipinski definition) is 3. The van der Waals surface area contributed by atoms with Gasteiger partial charge in [-0.3, -0.25) is 0 Å². The molecular formula is C11H14AlNaO3S. The summed E-state index contributed by atoms with van der Waals surface area (Å²) >= 11 is 0. The Hall–Kier alpha value is -0.0175. The van der Waals surface area contributed by atoms with E-state index in [2.05, 4.69) is 0 Å². The normalized spacial score (nSPS) is 10.2. The van der Waals surface area contributed by atoms with Gasteiger partial charge in [0.25, 0.3) is 0 Å². The summed E-state index contributed by atoms with van der Waals surface area (Å²) in [6, 6.07) is 12.8. The second-order valence-electron chi connectivity index (χ2n) is 3.26. The predicted octanol–water partition coefficient (Wildman–Crippen LogP) is 0.297. The topological polar surface area (TPSA) is 43.4 Å². The van der Waals surface area contributed by atoms with Gasteiger partial charge >= 0.3 is 39.7 Å². The third-order valence-corrected chi connectivity index (χ3v) is 2.48. The molecule has 0 heterocycles. The Morgan fingerprint density at radius 3 is 2.29 bits per heavy atom. The summed E-state index contributed by atoms with van der Waals surface area (Å²) in [5.41, 5.74) is 1.75. The summed E-state index contributed by atoms with van der Waals surface area (Å²) in [7, 11) is -3.46. The third-order valence-electron chi connectivity index (χ3n) is 1.99. The van der Waals surface area contributed by atoms with E-state index in [0.717, 1.165) is 17.4 Å². The fraction of sp³-hybridized carbons (Fsp3) is 0.0909. The van der Waals surface area contributed by atoms with Crippen molar-refractivity contribution in [3.05, 3.63) is 42.5 Å². The zero-order valence-corrected chi connectivity index (χ0v) is 8.99. The Morgan fingerprint density at radius 1 is 1.00 bits per heavy atom. The van der Waals surface area contributed by atoms with E-state index in [9.17, 15) is 8.42 Å². The van der Waals surface area contributed by atoms with Gasteiger partial charge in [0.1, 0.15) is 5.75 Å².